The van der Waals surface area contributed by atoms with Crippen molar-refractivity contribution < 1.29 is 14.3 Å². The van der Waals surface area contributed by atoms with E-state index in [4.69, 9.17) is 9.47 Å². The summed E-state index contributed by atoms with van der Waals surface area (Å²) in [6.45, 7) is 4.92. The van der Waals surface area contributed by atoms with E-state index in [0.717, 1.165) is 38.4 Å². The Morgan fingerprint density at radius 3 is 2.69 bits per heavy atom. The van der Waals surface area contributed by atoms with Crippen LogP contribution in [0.15, 0.2) is 29.8 Å². The van der Waals surface area contributed by atoms with Crippen molar-refractivity contribution in [2.45, 2.75) is 6.29 Å². The van der Waals surface area contributed by atoms with E-state index in [2.05, 4.69) is 20.9 Å². The first-order valence-corrected chi connectivity index (χ1v) is 8.61. The van der Waals surface area contributed by atoms with Crippen molar-refractivity contribution in [3.8, 4) is 11.8 Å². The third-order valence-electron chi connectivity index (χ3n) is 4.41. The van der Waals surface area contributed by atoms with E-state index in [1.807, 2.05) is 18.2 Å². The fourth-order valence-corrected chi connectivity index (χ4v) is 2.96. The first kappa shape index (κ1) is 18.2. The standard InChI is InChI=1S/C18H23N5O3/c1-25-14-4-2-13(3-5-14)16-15(12-19)17(24)22-18(21-16)20-6-7-23-8-10-26-11-9-23/h2-5,18,20-21H,6-11H2,1H3,(H,22,24). The Hall–Kier alpha value is -2.60. The van der Waals surface area contributed by atoms with E-state index in [1.54, 1.807) is 19.2 Å². The Kier molecular flexibility index (Phi) is 6.07. The maximum absolute atomic E-state index is 12.3. The first-order valence-electron chi connectivity index (χ1n) is 8.61. The molecule has 1 atom stereocenters. The van der Waals surface area contributed by atoms with Crippen LogP contribution in [0, 0.1) is 11.3 Å². The summed E-state index contributed by atoms with van der Waals surface area (Å²) in [5, 5.41) is 18.6. The lowest BCUT2D eigenvalue weighted by Crippen LogP contribution is -2.58. The van der Waals surface area contributed by atoms with Crippen LogP contribution >= 0.6 is 0 Å². The van der Waals surface area contributed by atoms with E-state index < -0.39 is 6.29 Å². The van der Waals surface area contributed by atoms with Gasteiger partial charge in [0.1, 0.15) is 17.4 Å². The molecular formula is C18H23N5O3. The van der Waals surface area contributed by atoms with Crippen molar-refractivity contribution in [1.82, 2.24) is 20.9 Å². The van der Waals surface area contributed by atoms with Crippen LogP contribution in [-0.4, -0.2) is 63.6 Å². The van der Waals surface area contributed by atoms with Crippen molar-refractivity contribution in [1.29, 1.82) is 5.26 Å². The maximum Gasteiger partial charge on any atom is 0.266 e. The molecule has 0 aliphatic carbocycles. The van der Waals surface area contributed by atoms with Crippen LogP contribution in [0.25, 0.3) is 5.70 Å². The molecule has 1 amide bonds. The summed E-state index contributed by atoms with van der Waals surface area (Å²) in [7, 11) is 1.59. The second-order valence-corrected chi connectivity index (χ2v) is 6.05. The van der Waals surface area contributed by atoms with Crippen LogP contribution in [0.3, 0.4) is 0 Å². The summed E-state index contributed by atoms with van der Waals surface area (Å²) < 4.78 is 10.5. The number of carbonyl (C=O) groups excluding carboxylic acids is 1. The van der Waals surface area contributed by atoms with Gasteiger partial charge in [0.05, 0.1) is 26.0 Å². The Morgan fingerprint density at radius 2 is 2.04 bits per heavy atom. The molecule has 8 nitrogen and oxygen atoms in total. The molecule has 2 aliphatic rings. The molecule has 26 heavy (non-hydrogen) atoms. The lowest BCUT2D eigenvalue weighted by Gasteiger charge is -2.31. The molecule has 2 aliphatic heterocycles. The van der Waals surface area contributed by atoms with Crippen LogP contribution < -0.4 is 20.7 Å². The maximum atomic E-state index is 12.3. The van der Waals surface area contributed by atoms with Gasteiger partial charge in [-0.05, 0) is 29.8 Å². The number of ether oxygens (including phenoxy) is 2. The van der Waals surface area contributed by atoms with Gasteiger partial charge < -0.3 is 20.1 Å². The quantitative estimate of drug-likeness (QED) is 0.651. The zero-order valence-electron chi connectivity index (χ0n) is 14.7. The first-order chi connectivity index (χ1) is 12.7. The Morgan fingerprint density at radius 1 is 1.31 bits per heavy atom. The number of hydrogen-bond acceptors (Lipinski definition) is 7. The zero-order valence-corrected chi connectivity index (χ0v) is 14.7. The predicted molar refractivity (Wildman–Crippen MR) is 95.9 cm³/mol. The molecule has 0 aromatic heterocycles. The molecule has 1 unspecified atom stereocenters. The van der Waals surface area contributed by atoms with Crippen molar-refractivity contribution in [2.75, 3.05) is 46.5 Å². The largest absolute Gasteiger partial charge is 0.497 e. The highest BCUT2D eigenvalue weighted by Gasteiger charge is 2.27. The normalized spacial score (nSPS) is 20.9. The minimum atomic E-state index is -0.433. The second-order valence-electron chi connectivity index (χ2n) is 6.05. The highest BCUT2D eigenvalue weighted by Crippen LogP contribution is 2.21. The SMILES string of the molecule is COc1ccc(C2=C(C#N)C(=O)NC(NCCN3CCOCC3)N2)cc1. The van der Waals surface area contributed by atoms with Crippen LogP contribution in [0.4, 0.5) is 0 Å². The molecule has 1 aromatic rings. The number of rotatable bonds is 6. The fourth-order valence-electron chi connectivity index (χ4n) is 2.96. The predicted octanol–water partition coefficient (Wildman–Crippen LogP) is -0.145. The average molecular weight is 357 g/mol. The van der Waals surface area contributed by atoms with E-state index in [0.29, 0.717) is 18.0 Å². The smallest absolute Gasteiger partial charge is 0.266 e. The molecule has 0 bridgehead atoms. The summed E-state index contributed by atoms with van der Waals surface area (Å²) in [5.74, 6) is 0.328. The fraction of sp³-hybridized carbons (Fsp3) is 0.444. The number of amides is 1. The number of nitrogens with one attached hydrogen (secondary N) is 3. The monoisotopic (exact) mass is 357 g/mol. The van der Waals surface area contributed by atoms with E-state index in [9.17, 15) is 10.1 Å². The molecule has 0 radical (unpaired) electrons. The average Bonchev–Trinajstić information content (AvgIpc) is 2.68. The summed E-state index contributed by atoms with van der Waals surface area (Å²) in [6, 6.07) is 9.22. The zero-order chi connectivity index (χ0) is 18.4. The number of benzene rings is 1. The second kappa shape index (κ2) is 8.67. The number of nitriles is 1. The Balaban J connectivity index is 1.65. The minimum Gasteiger partial charge on any atom is -0.497 e. The van der Waals surface area contributed by atoms with Gasteiger partial charge in [0.2, 0.25) is 0 Å². The molecule has 8 heteroatoms. The molecular weight excluding hydrogens is 334 g/mol. The number of carbonyl (C=O) groups is 1. The number of morpholine rings is 1. The highest BCUT2D eigenvalue weighted by atomic mass is 16.5. The molecule has 3 N–H and O–H groups in total. The van der Waals surface area contributed by atoms with Gasteiger partial charge in [-0.3, -0.25) is 15.0 Å². The third-order valence-corrected chi connectivity index (χ3v) is 4.41. The molecule has 3 rings (SSSR count). The van der Waals surface area contributed by atoms with E-state index in [1.165, 1.54) is 0 Å². The third kappa shape index (κ3) is 4.32. The molecule has 0 saturated carbocycles. The van der Waals surface area contributed by atoms with Gasteiger partial charge in [-0.15, -0.1) is 0 Å². The van der Waals surface area contributed by atoms with E-state index in [-0.39, 0.29) is 11.5 Å². The van der Waals surface area contributed by atoms with Gasteiger partial charge in [-0.1, -0.05) is 0 Å². The van der Waals surface area contributed by atoms with Crippen molar-refractivity contribution in [3.63, 3.8) is 0 Å². The number of nitrogens with zero attached hydrogens (tertiary/aromatic N) is 2. The van der Waals surface area contributed by atoms with Crippen molar-refractivity contribution >= 4 is 11.6 Å². The topological polar surface area (TPSA) is 98.6 Å². The molecule has 138 valence electrons. The highest BCUT2D eigenvalue weighted by molar-refractivity contribution is 6.06. The molecule has 1 aromatic carbocycles. The number of methoxy groups -OCH3 is 1. The van der Waals surface area contributed by atoms with Crippen molar-refractivity contribution in [2.24, 2.45) is 0 Å². The van der Waals surface area contributed by atoms with Gasteiger partial charge in [0.25, 0.3) is 5.91 Å². The Labute approximate surface area is 152 Å². The Bertz CT molecular complexity index is 705. The van der Waals surface area contributed by atoms with Crippen LogP contribution in [0.1, 0.15) is 5.56 Å². The minimum absolute atomic E-state index is 0.0707. The molecule has 1 fully saturated rings. The van der Waals surface area contributed by atoms with Gasteiger partial charge in [0, 0.05) is 26.2 Å². The molecule has 1 saturated heterocycles. The summed E-state index contributed by atoms with van der Waals surface area (Å²) >= 11 is 0. The van der Waals surface area contributed by atoms with Crippen LogP contribution in [-0.2, 0) is 9.53 Å². The van der Waals surface area contributed by atoms with Crippen LogP contribution in [0.2, 0.25) is 0 Å². The molecule has 2 heterocycles. The lowest BCUT2D eigenvalue weighted by atomic mass is 10.0. The summed E-state index contributed by atoms with van der Waals surface area (Å²) in [5.41, 5.74) is 1.35. The molecule has 0 spiro atoms. The van der Waals surface area contributed by atoms with Crippen LogP contribution in [0.5, 0.6) is 5.75 Å². The number of hydrogen-bond donors (Lipinski definition) is 3. The summed E-state index contributed by atoms with van der Waals surface area (Å²) in [6.07, 6.45) is -0.433. The van der Waals surface area contributed by atoms with Gasteiger partial charge >= 0.3 is 0 Å². The lowest BCUT2D eigenvalue weighted by molar-refractivity contribution is -0.118. The van der Waals surface area contributed by atoms with Gasteiger partial charge in [-0.25, -0.2) is 0 Å². The van der Waals surface area contributed by atoms with Gasteiger partial charge in [0.15, 0.2) is 6.29 Å². The van der Waals surface area contributed by atoms with Crippen molar-refractivity contribution in [3.05, 3.63) is 35.4 Å². The summed E-state index contributed by atoms with van der Waals surface area (Å²) in [4.78, 5) is 14.6. The van der Waals surface area contributed by atoms with Gasteiger partial charge in [-0.2, -0.15) is 5.26 Å². The van der Waals surface area contributed by atoms with E-state index >= 15 is 0 Å².